The molecule has 15 heavy (non-hydrogen) atoms. The molecular formula is C8H14N2O5. The molecule has 1 amide bonds. The Morgan fingerprint density at radius 2 is 2.13 bits per heavy atom. The van der Waals surface area contributed by atoms with Gasteiger partial charge in [0, 0.05) is 13.0 Å². The number of nitrogens with two attached hydrogens (primary N) is 1. The van der Waals surface area contributed by atoms with Gasteiger partial charge in [-0.05, 0) is 0 Å². The van der Waals surface area contributed by atoms with E-state index in [0.717, 1.165) is 4.90 Å². The highest BCUT2D eigenvalue weighted by molar-refractivity contribution is 5.87. The first-order valence-corrected chi connectivity index (χ1v) is 4.55. The van der Waals surface area contributed by atoms with Crippen LogP contribution in [0.4, 0.5) is 0 Å². The number of aliphatic hydroxyl groups excluding tert-OH is 2. The van der Waals surface area contributed by atoms with Gasteiger partial charge >= 0.3 is 5.97 Å². The summed E-state index contributed by atoms with van der Waals surface area (Å²) in [6, 6.07) is -2.18. The Morgan fingerprint density at radius 1 is 1.53 bits per heavy atom. The topological polar surface area (TPSA) is 124 Å². The first-order chi connectivity index (χ1) is 6.97. The van der Waals surface area contributed by atoms with E-state index in [4.69, 9.17) is 15.9 Å². The molecule has 0 aromatic rings. The van der Waals surface area contributed by atoms with Crippen molar-refractivity contribution in [3.05, 3.63) is 0 Å². The third-order valence-electron chi connectivity index (χ3n) is 2.36. The number of amides is 1. The maximum Gasteiger partial charge on any atom is 0.326 e. The number of β-amino-alcohol motifs (C(OH)–C–C–N with tert-alkyl or cyclic N) is 1. The highest BCUT2D eigenvalue weighted by Crippen LogP contribution is 2.18. The highest BCUT2D eigenvalue weighted by atomic mass is 16.4. The Balaban J connectivity index is 2.75. The van der Waals surface area contributed by atoms with E-state index in [1.807, 2.05) is 0 Å². The minimum Gasteiger partial charge on any atom is -0.480 e. The molecule has 7 nitrogen and oxygen atoms in total. The van der Waals surface area contributed by atoms with Gasteiger partial charge in [-0.1, -0.05) is 0 Å². The average Bonchev–Trinajstić information content (AvgIpc) is 2.58. The van der Waals surface area contributed by atoms with Gasteiger partial charge in [-0.15, -0.1) is 0 Å². The van der Waals surface area contributed by atoms with Crippen LogP contribution in [0.3, 0.4) is 0 Å². The predicted molar refractivity (Wildman–Crippen MR) is 48.8 cm³/mol. The summed E-state index contributed by atoms with van der Waals surface area (Å²) in [5.41, 5.74) is 5.29. The van der Waals surface area contributed by atoms with E-state index in [-0.39, 0.29) is 13.0 Å². The van der Waals surface area contributed by atoms with Crippen LogP contribution < -0.4 is 5.73 Å². The highest BCUT2D eigenvalue weighted by Gasteiger charge is 2.40. The summed E-state index contributed by atoms with van der Waals surface area (Å²) >= 11 is 0. The quantitative estimate of drug-likeness (QED) is 0.410. The van der Waals surface area contributed by atoms with Crippen LogP contribution in [-0.2, 0) is 9.59 Å². The molecule has 1 aliphatic rings. The molecule has 5 N–H and O–H groups in total. The minimum absolute atomic E-state index is 0.000772. The van der Waals surface area contributed by atoms with Crippen molar-refractivity contribution in [3.8, 4) is 0 Å². The number of aliphatic carboxylic acids is 1. The Morgan fingerprint density at radius 3 is 2.60 bits per heavy atom. The van der Waals surface area contributed by atoms with Gasteiger partial charge in [0.1, 0.15) is 12.1 Å². The number of hydrogen-bond donors (Lipinski definition) is 4. The molecule has 1 unspecified atom stereocenters. The summed E-state index contributed by atoms with van der Waals surface area (Å²) in [4.78, 5) is 23.3. The molecular weight excluding hydrogens is 204 g/mol. The first-order valence-electron chi connectivity index (χ1n) is 4.55. The van der Waals surface area contributed by atoms with Gasteiger partial charge in [-0.25, -0.2) is 4.79 Å². The van der Waals surface area contributed by atoms with Crippen molar-refractivity contribution in [2.75, 3.05) is 13.2 Å². The van der Waals surface area contributed by atoms with Crippen LogP contribution in [0.5, 0.6) is 0 Å². The standard InChI is InChI=1S/C8H14N2O5/c9-5(3-11)7(13)10-2-4(12)1-6(10)8(14)15/h4-6,11-12H,1-3,9H2,(H,14,15)/t4?,5-,6-/m0/s1. The van der Waals surface area contributed by atoms with E-state index < -0.39 is 36.7 Å². The molecule has 0 bridgehead atoms. The van der Waals surface area contributed by atoms with E-state index in [0.29, 0.717) is 0 Å². The number of nitrogens with zero attached hydrogens (tertiary/aromatic N) is 1. The zero-order valence-electron chi connectivity index (χ0n) is 8.04. The third-order valence-corrected chi connectivity index (χ3v) is 2.36. The number of carbonyl (C=O) groups excluding carboxylic acids is 1. The Hall–Kier alpha value is -1.18. The molecule has 1 heterocycles. The molecule has 7 heteroatoms. The van der Waals surface area contributed by atoms with Gasteiger partial charge in [-0.2, -0.15) is 0 Å². The van der Waals surface area contributed by atoms with Crippen LogP contribution in [0, 0.1) is 0 Å². The van der Waals surface area contributed by atoms with Crippen LogP contribution in [0.25, 0.3) is 0 Å². The molecule has 1 rings (SSSR count). The fourth-order valence-electron chi connectivity index (χ4n) is 1.58. The Bertz CT molecular complexity index is 270. The largest absolute Gasteiger partial charge is 0.480 e. The van der Waals surface area contributed by atoms with E-state index in [1.54, 1.807) is 0 Å². The Labute approximate surface area is 86.1 Å². The lowest BCUT2D eigenvalue weighted by Gasteiger charge is -2.23. The van der Waals surface area contributed by atoms with Crippen LogP contribution in [-0.4, -0.2) is 63.4 Å². The third kappa shape index (κ3) is 2.44. The van der Waals surface area contributed by atoms with Crippen molar-refractivity contribution >= 4 is 11.9 Å². The lowest BCUT2D eigenvalue weighted by atomic mass is 10.2. The number of likely N-dealkylation sites (tertiary alicyclic amines) is 1. The number of carboxylic acid groups (broad SMARTS) is 1. The van der Waals surface area contributed by atoms with Crippen molar-refractivity contribution in [3.63, 3.8) is 0 Å². The normalized spacial score (nSPS) is 27.8. The van der Waals surface area contributed by atoms with Crippen molar-refractivity contribution in [2.24, 2.45) is 5.73 Å². The van der Waals surface area contributed by atoms with Gasteiger partial charge in [-0.3, -0.25) is 4.79 Å². The van der Waals surface area contributed by atoms with Crippen LogP contribution in [0.1, 0.15) is 6.42 Å². The molecule has 1 saturated heterocycles. The molecule has 0 aromatic carbocycles. The molecule has 0 spiro atoms. The maximum atomic E-state index is 11.5. The summed E-state index contributed by atoms with van der Waals surface area (Å²) < 4.78 is 0. The monoisotopic (exact) mass is 218 g/mol. The number of hydrogen-bond acceptors (Lipinski definition) is 5. The SMILES string of the molecule is N[C@@H](CO)C(=O)N1CC(O)C[C@H]1C(=O)O. The first kappa shape index (κ1) is 11.9. The van der Waals surface area contributed by atoms with Gasteiger partial charge in [0.15, 0.2) is 0 Å². The molecule has 86 valence electrons. The van der Waals surface area contributed by atoms with Gasteiger partial charge in [0.2, 0.25) is 5.91 Å². The zero-order valence-corrected chi connectivity index (χ0v) is 8.04. The summed E-state index contributed by atoms with van der Waals surface area (Å²) in [5.74, 6) is -1.83. The smallest absolute Gasteiger partial charge is 0.326 e. The summed E-state index contributed by atoms with van der Waals surface area (Å²) in [6.45, 7) is -0.596. The minimum atomic E-state index is -1.18. The summed E-state index contributed by atoms with van der Waals surface area (Å²) in [5, 5.41) is 26.7. The molecule has 0 aliphatic carbocycles. The molecule has 3 atom stereocenters. The lowest BCUT2D eigenvalue weighted by Crippen LogP contribution is -2.50. The van der Waals surface area contributed by atoms with Crippen molar-refractivity contribution in [2.45, 2.75) is 24.6 Å². The maximum absolute atomic E-state index is 11.5. The van der Waals surface area contributed by atoms with E-state index in [2.05, 4.69) is 0 Å². The summed E-state index contributed by atoms with van der Waals surface area (Å²) in [6.07, 6.45) is -0.847. The molecule has 1 aliphatic heterocycles. The fraction of sp³-hybridized carbons (Fsp3) is 0.750. The van der Waals surface area contributed by atoms with Crippen LogP contribution in [0.2, 0.25) is 0 Å². The predicted octanol–water partition coefficient (Wildman–Crippen LogP) is -2.65. The second-order valence-corrected chi connectivity index (χ2v) is 3.52. The molecule has 0 saturated carbocycles. The van der Waals surface area contributed by atoms with Crippen molar-refractivity contribution < 1.29 is 24.9 Å². The van der Waals surface area contributed by atoms with Crippen molar-refractivity contribution in [1.82, 2.24) is 4.90 Å². The van der Waals surface area contributed by atoms with Crippen molar-refractivity contribution in [1.29, 1.82) is 0 Å². The Kier molecular flexibility index (Phi) is 3.61. The molecule has 0 radical (unpaired) electrons. The zero-order chi connectivity index (χ0) is 11.6. The van der Waals surface area contributed by atoms with Gasteiger partial charge in [0.25, 0.3) is 0 Å². The molecule has 1 fully saturated rings. The second kappa shape index (κ2) is 4.56. The average molecular weight is 218 g/mol. The number of aliphatic hydroxyl groups is 2. The number of carboxylic acids is 1. The lowest BCUT2D eigenvalue weighted by molar-refractivity contribution is -0.149. The van der Waals surface area contributed by atoms with E-state index >= 15 is 0 Å². The number of carbonyl (C=O) groups is 2. The van der Waals surface area contributed by atoms with Crippen LogP contribution in [0.15, 0.2) is 0 Å². The summed E-state index contributed by atoms with van der Waals surface area (Å²) in [7, 11) is 0. The van der Waals surface area contributed by atoms with Crippen LogP contribution >= 0.6 is 0 Å². The van der Waals surface area contributed by atoms with Gasteiger partial charge in [0.05, 0.1) is 12.7 Å². The van der Waals surface area contributed by atoms with Gasteiger partial charge < -0.3 is 26.0 Å². The fourth-order valence-corrected chi connectivity index (χ4v) is 1.58. The van der Waals surface area contributed by atoms with E-state index in [9.17, 15) is 14.7 Å². The van der Waals surface area contributed by atoms with E-state index in [1.165, 1.54) is 0 Å². The second-order valence-electron chi connectivity index (χ2n) is 3.52. The molecule has 0 aromatic heterocycles. The number of rotatable bonds is 3.